The first kappa shape index (κ1) is 12.8. The molecule has 98 valence electrons. The van der Waals surface area contributed by atoms with Crippen LogP contribution in [0.4, 0.5) is 5.69 Å². The Bertz CT molecular complexity index is 424. The summed E-state index contributed by atoms with van der Waals surface area (Å²) < 4.78 is 5.64. The molecule has 1 aliphatic heterocycles. The van der Waals surface area contributed by atoms with Crippen LogP contribution in [0.15, 0.2) is 18.3 Å². The Kier molecular flexibility index (Phi) is 4.11. The van der Waals surface area contributed by atoms with Crippen molar-refractivity contribution in [2.24, 2.45) is 5.73 Å². The lowest BCUT2D eigenvalue weighted by atomic mass is 10.2. The number of nitrogens with one attached hydrogen (secondary N) is 1. The first-order valence-electron chi connectivity index (χ1n) is 5.95. The van der Waals surface area contributed by atoms with Crippen LogP contribution in [-0.2, 0) is 4.74 Å². The minimum absolute atomic E-state index is 0.161. The van der Waals surface area contributed by atoms with E-state index in [-0.39, 0.29) is 11.8 Å². The van der Waals surface area contributed by atoms with Gasteiger partial charge in [0.1, 0.15) is 5.69 Å². The van der Waals surface area contributed by atoms with E-state index >= 15 is 0 Å². The Hall–Kier alpha value is -1.66. The lowest BCUT2D eigenvalue weighted by Crippen LogP contribution is -2.43. The van der Waals surface area contributed by atoms with Crippen LogP contribution in [0.3, 0.4) is 0 Å². The molecule has 2 heterocycles. The molecule has 6 nitrogen and oxygen atoms in total. The molecule has 0 bridgehead atoms. The molecule has 0 spiro atoms. The van der Waals surface area contributed by atoms with Gasteiger partial charge in [-0.1, -0.05) is 0 Å². The maximum absolute atomic E-state index is 11.0. The molecule has 1 unspecified atom stereocenters. The standard InChI is InChI=1S/C12H18N4O2/c1-16-4-5-18-10(8-16)7-15-9-2-3-14-11(6-9)12(13)17/h2-3,6,10H,4-5,7-8H2,1H3,(H2,13,17)(H,14,15). The summed E-state index contributed by atoms with van der Waals surface area (Å²) in [5.74, 6) is -0.521. The van der Waals surface area contributed by atoms with Gasteiger partial charge in [-0.15, -0.1) is 0 Å². The molecule has 3 N–H and O–H groups in total. The van der Waals surface area contributed by atoms with Crippen LogP contribution in [0.1, 0.15) is 10.5 Å². The summed E-state index contributed by atoms with van der Waals surface area (Å²) in [6.07, 6.45) is 1.73. The number of rotatable bonds is 4. The zero-order valence-corrected chi connectivity index (χ0v) is 10.4. The minimum Gasteiger partial charge on any atom is -0.382 e. The molecule has 1 fully saturated rings. The van der Waals surface area contributed by atoms with Crippen molar-refractivity contribution in [1.29, 1.82) is 0 Å². The van der Waals surface area contributed by atoms with Crippen molar-refractivity contribution in [3.05, 3.63) is 24.0 Å². The summed E-state index contributed by atoms with van der Waals surface area (Å²) in [4.78, 5) is 17.1. The third-order valence-electron chi connectivity index (χ3n) is 2.89. The lowest BCUT2D eigenvalue weighted by molar-refractivity contribution is -0.0117. The summed E-state index contributed by atoms with van der Waals surface area (Å²) in [5.41, 5.74) is 6.27. The van der Waals surface area contributed by atoms with Gasteiger partial charge in [-0.05, 0) is 19.2 Å². The first-order chi connectivity index (χ1) is 8.65. The molecular formula is C12H18N4O2. The number of morpholine rings is 1. The van der Waals surface area contributed by atoms with Crippen molar-refractivity contribution in [2.45, 2.75) is 6.10 Å². The largest absolute Gasteiger partial charge is 0.382 e. The predicted molar refractivity (Wildman–Crippen MR) is 68.5 cm³/mol. The zero-order chi connectivity index (χ0) is 13.0. The molecule has 0 saturated carbocycles. The van der Waals surface area contributed by atoms with Crippen LogP contribution in [0.25, 0.3) is 0 Å². The number of nitrogens with zero attached hydrogens (tertiary/aromatic N) is 2. The van der Waals surface area contributed by atoms with E-state index in [0.29, 0.717) is 6.54 Å². The van der Waals surface area contributed by atoms with Crippen LogP contribution in [-0.4, -0.2) is 55.2 Å². The SMILES string of the molecule is CN1CCOC(CNc2ccnc(C(N)=O)c2)C1. The number of aromatic nitrogens is 1. The summed E-state index contributed by atoms with van der Waals surface area (Å²) in [5, 5.41) is 3.23. The number of nitrogens with two attached hydrogens (primary N) is 1. The van der Waals surface area contributed by atoms with Gasteiger partial charge in [0.05, 0.1) is 12.7 Å². The van der Waals surface area contributed by atoms with Gasteiger partial charge in [-0.3, -0.25) is 9.78 Å². The molecule has 0 aromatic carbocycles. The van der Waals surface area contributed by atoms with Crippen LogP contribution < -0.4 is 11.1 Å². The van der Waals surface area contributed by atoms with Crippen LogP contribution in [0, 0.1) is 0 Å². The molecule has 18 heavy (non-hydrogen) atoms. The predicted octanol–water partition coefficient (Wildman–Crippen LogP) is -0.0770. The van der Waals surface area contributed by atoms with Gasteiger partial charge in [0, 0.05) is 31.5 Å². The lowest BCUT2D eigenvalue weighted by Gasteiger charge is -2.30. The highest BCUT2D eigenvalue weighted by Crippen LogP contribution is 2.09. The topological polar surface area (TPSA) is 80.5 Å². The summed E-state index contributed by atoms with van der Waals surface area (Å²) in [6, 6.07) is 3.45. The van der Waals surface area contributed by atoms with Gasteiger partial charge in [-0.2, -0.15) is 0 Å². The Balaban J connectivity index is 1.89. The number of ether oxygens (including phenoxy) is 1. The number of likely N-dealkylation sites (N-methyl/N-ethyl adjacent to an activating group) is 1. The molecule has 1 saturated heterocycles. The van der Waals surface area contributed by atoms with Gasteiger partial charge in [0.2, 0.25) is 0 Å². The zero-order valence-electron chi connectivity index (χ0n) is 10.4. The number of amides is 1. The van der Waals surface area contributed by atoms with E-state index in [1.165, 1.54) is 0 Å². The fraction of sp³-hybridized carbons (Fsp3) is 0.500. The highest BCUT2D eigenvalue weighted by molar-refractivity contribution is 5.91. The van der Waals surface area contributed by atoms with E-state index in [1.807, 2.05) is 0 Å². The number of anilines is 1. The molecule has 1 aliphatic rings. The Morgan fingerprint density at radius 2 is 2.56 bits per heavy atom. The average molecular weight is 250 g/mol. The molecule has 0 aliphatic carbocycles. The number of carbonyl (C=O) groups excluding carboxylic acids is 1. The van der Waals surface area contributed by atoms with Crippen molar-refractivity contribution < 1.29 is 9.53 Å². The third-order valence-corrected chi connectivity index (χ3v) is 2.89. The van der Waals surface area contributed by atoms with Crippen LogP contribution in [0.2, 0.25) is 0 Å². The van der Waals surface area contributed by atoms with Crippen molar-refractivity contribution in [3.8, 4) is 0 Å². The van der Waals surface area contributed by atoms with Crippen molar-refractivity contribution >= 4 is 11.6 Å². The van der Waals surface area contributed by atoms with E-state index in [4.69, 9.17) is 10.5 Å². The Labute approximate surface area is 106 Å². The Morgan fingerprint density at radius 3 is 3.28 bits per heavy atom. The maximum atomic E-state index is 11.0. The molecule has 1 aromatic rings. The Morgan fingerprint density at radius 1 is 1.72 bits per heavy atom. The van der Waals surface area contributed by atoms with Gasteiger partial charge < -0.3 is 20.7 Å². The van der Waals surface area contributed by atoms with E-state index in [1.54, 1.807) is 18.3 Å². The van der Waals surface area contributed by atoms with E-state index < -0.39 is 5.91 Å². The van der Waals surface area contributed by atoms with Gasteiger partial charge in [-0.25, -0.2) is 0 Å². The number of hydrogen-bond donors (Lipinski definition) is 2. The fourth-order valence-corrected chi connectivity index (χ4v) is 1.90. The van der Waals surface area contributed by atoms with Gasteiger partial charge in [0.15, 0.2) is 0 Å². The maximum Gasteiger partial charge on any atom is 0.267 e. The van der Waals surface area contributed by atoms with Gasteiger partial charge in [0.25, 0.3) is 5.91 Å². The van der Waals surface area contributed by atoms with Crippen molar-refractivity contribution in [1.82, 2.24) is 9.88 Å². The number of primary amides is 1. The normalized spacial score (nSPS) is 20.6. The van der Waals surface area contributed by atoms with Crippen molar-refractivity contribution in [2.75, 3.05) is 38.6 Å². The number of pyridine rings is 1. The molecule has 6 heteroatoms. The molecule has 1 aromatic heterocycles. The quantitative estimate of drug-likeness (QED) is 0.781. The monoisotopic (exact) mass is 250 g/mol. The average Bonchev–Trinajstić information content (AvgIpc) is 2.37. The van der Waals surface area contributed by atoms with E-state index in [2.05, 4.69) is 22.2 Å². The molecular weight excluding hydrogens is 232 g/mol. The molecule has 2 rings (SSSR count). The second kappa shape index (κ2) is 5.79. The molecule has 1 atom stereocenters. The smallest absolute Gasteiger partial charge is 0.267 e. The summed E-state index contributed by atoms with van der Waals surface area (Å²) in [6.45, 7) is 3.33. The van der Waals surface area contributed by atoms with E-state index in [9.17, 15) is 4.79 Å². The third kappa shape index (κ3) is 3.41. The van der Waals surface area contributed by atoms with Crippen molar-refractivity contribution in [3.63, 3.8) is 0 Å². The first-order valence-corrected chi connectivity index (χ1v) is 5.95. The number of hydrogen-bond acceptors (Lipinski definition) is 5. The highest BCUT2D eigenvalue weighted by atomic mass is 16.5. The highest BCUT2D eigenvalue weighted by Gasteiger charge is 2.17. The number of carbonyl (C=O) groups is 1. The second-order valence-corrected chi connectivity index (χ2v) is 4.43. The summed E-state index contributed by atoms with van der Waals surface area (Å²) >= 11 is 0. The molecule has 1 amide bonds. The second-order valence-electron chi connectivity index (χ2n) is 4.43. The van der Waals surface area contributed by atoms with Crippen LogP contribution >= 0.6 is 0 Å². The molecule has 0 radical (unpaired) electrons. The summed E-state index contributed by atoms with van der Waals surface area (Å²) in [7, 11) is 2.08. The minimum atomic E-state index is -0.521. The van der Waals surface area contributed by atoms with Gasteiger partial charge >= 0.3 is 0 Å². The van der Waals surface area contributed by atoms with Crippen LogP contribution in [0.5, 0.6) is 0 Å². The van der Waals surface area contributed by atoms with E-state index in [0.717, 1.165) is 25.4 Å². The fourth-order valence-electron chi connectivity index (χ4n) is 1.90.